The van der Waals surface area contributed by atoms with Gasteiger partial charge in [0, 0.05) is 6.54 Å². The molecular weight excluding hydrogens is 463 g/mol. The summed E-state index contributed by atoms with van der Waals surface area (Å²) in [5.41, 5.74) is 0.734. The van der Waals surface area contributed by atoms with Crippen molar-refractivity contribution in [2.75, 3.05) is 28.5 Å². The Hall–Kier alpha value is -2.00. The van der Waals surface area contributed by atoms with Crippen LogP contribution in [-0.4, -0.2) is 39.2 Å². The molecule has 0 bridgehead atoms. The number of nitrogens with zero attached hydrogens (tertiary/aromatic N) is 1. The fraction of sp³-hybridized carbons (Fsp3) is 0.222. The summed E-state index contributed by atoms with van der Waals surface area (Å²) in [7, 11) is -3.37. The van der Waals surface area contributed by atoms with E-state index in [0.717, 1.165) is 0 Å². The van der Waals surface area contributed by atoms with E-state index in [1.54, 1.807) is 12.1 Å². The van der Waals surface area contributed by atoms with E-state index in [0.29, 0.717) is 18.7 Å². The van der Waals surface area contributed by atoms with Gasteiger partial charge in [-0.25, -0.2) is 13.2 Å². The van der Waals surface area contributed by atoms with E-state index in [-0.39, 0.29) is 32.1 Å². The molecule has 154 valence electrons. The number of sulfonamides is 1. The molecule has 1 aliphatic rings. The number of esters is 1. The predicted molar refractivity (Wildman–Crippen MR) is 113 cm³/mol. The summed E-state index contributed by atoms with van der Waals surface area (Å²) in [6.45, 7) is -0.213. The number of hydrogen-bond donors (Lipinski definition) is 1. The Morgan fingerprint density at radius 2 is 1.79 bits per heavy atom. The van der Waals surface area contributed by atoms with E-state index < -0.39 is 28.5 Å². The van der Waals surface area contributed by atoms with Crippen molar-refractivity contribution in [3.63, 3.8) is 0 Å². The first-order chi connectivity index (χ1) is 13.7. The summed E-state index contributed by atoms with van der Waals surface area (Å²) < 4.78 is 30.3. The van der Waals surface area contributed by atoms with Gasteiger partial charge >= 0.3 is 5.97 Å². The van der Waals surface area contributed by atoms with Crippen LogP contribution < -0.4 is 9.62 Å². The molecule has 2 aromatic carbocycles. The van der Waals surface area contributed by atoms with Crippen molar-refractivity contribution in [2.24, 2.45) is 0 Å². The average molecular weight is 478 g/mol. The van der Waals surface area contributed by atoms with E-state index in [1.165, 1.54) is 28.6 Å². The number of benzene rings is 2. The monoisotopic (exact) mass is 476 g/mol. The number of ether oxygens (including phenoxy) is 1. The van der Waals surface area contributed by atoms with Crippen LogP contribution in [0.4, 0.5) is 11.4 Å². The quantitative estimate of drug-likeness (QED) is 0.519. The highest BCUT2D eigenvalue weighted by molar-refractivity contribution is 7.93. The SMILES string of the molecule is O=C(COC(=O)c1cccc(N2CCCS2(=O)=O)c1)Nc1cc(Cl)c(Cl)cc1Cl. The van der Waals surface area contributed by atoms with Crippen LogP contribution in [0.25, 0.3) is 0 Å². The number of anilines is 2. The van der Waals surface area contributed by atoms with E-state index in [9.17, 15) is 18.0 Å². The molecule has 0 saturated carbocycles. The van der Waals surface area contributed by atoms with Crippen LogP contribution in [-0.2, 0) is 19.6 Å². The van der Waals surface area contributed by atoms with Crippen molar-refractivity contribution < 1.29 is 22.7 Å². The van der Waals surface area contributed by atoms with Gasteiger partial charge in [-0.3, -0.25) is 9.10 Å². The van der Waals surface area contributed by atoms with Crippen molar-refractivity contribution in [1.82, 2.24) is 0 Å². The first-order valence-electron chi connectivity index (χ1n) is 8.39. The van der Waals surface area contributed by atoms with Gasteiger partial charge in [-0.2, -0.15) is 0 Å². The molecule has 1 amide bonds. The fourth-order valence-corrected chi connectivity index (χ4v) is 4.89. The van der Waals surface area contributed by atoms with Crippen LogP contribution in [0.2, 0.25) is 15.1 Å². The lowest BCUT2D eigenvalue weighted by Gasteiger charge is -2.17. The van der Waals surface area contributed by atoms with Gasteiger partial charge < -0.3 is 10.1 Å². The van der Waals surface area contributed by atoms with Crippen molar-refractivity contribution in [3.8, 4) is 0 Å². The lowest BCUT2D eigenvalue weighted by atomic mass is 10.2. The Kier molecular flexibility index (Phi) is 6.58. The summed E-state index contributed by atoms with van der Waals surface area (Å²) in [4.78, 5) is 24.3. The zero-order chi connectivity index (χ0) is 21.2. The Labute approximate surface area is 182 Å². The molecule has 0 aliphatic carbocycles. The number of nitrogens with one attached hydrogen (secondary N) is 1. The van der Waals surface area contributed by atoms with Gasteiger partial charge in [-0.1, -0.05) is 40.9 Å². The molecule has 11 heteroatoms. The Bertz CT molecular complexity index is 1080. The molecule has 1 N–H and O–H groups in total. The van der Waals surface area contributed by atoms with E-state index in [4.69, 9.17) is 39.5 Å². The minimum absolute atomic E-state index is 0.0686. The van der Waals surface area contributed by atoms with Crippen LogP contribution in [0.1, 0.15) is 16.8 Å². The summed E-state index contributed by atoms with van der Waals surface area (Å²) in [6, 6.07) is 8.80. The second-order valence-corrected chi connectivity index (χ2v) is 9.40. The van der Waals surface area contributed by atoms with E-state index in [2.05, 4.69) is 5.32 Å². The van der Waals surface area contributed by atoms with Crippen molar-refractivity contribution >= 4 is 68.1 Å². The molecule has 7 nitrogen and oxygen atoms in total. The van der Waals surface area contributed by atoms with E-state index >= 15 is 0 Å². The zero-order valence-electron chi connectivity index (χ0n) is 14.8. The van der Waals surface area contributed by atoms with Gasteiger partial charge in [0.1, 0.15) is 0 Å². The molecule has 1 saturated heterocycles. The molecule has 0 atom stereocenters. The maximum Gasteiger partial charge on any atom is 0.338 e. The summed E-state index contributed by atoms with van der Waals surface area (Å²) in [6.07, 6.45) is 0.522. The second-order valence-electron chi connectivity index (χ2n) is 6.16. The van der Waals surface area contributed by atoms with Crippen LogP contribution >= 0.6 is 34.8 Å². The smallest absolute Gasteiger partial charge is 0.338 e. The fourth-order valence-electron chi connectivity index (χ4n) is 2.74. The van der Waals surface area contributed by atoms with Crippen LogP contribution in [0.3, 0.4) is 0 Å². The summed E-state index contributed by atoms with van der Waals surface area (Å²) in [5, 5.41) is 3.10. The molecule has 0 spiro atoms. The van der Waals surface area contributed by atoms with Crippen LogP contribution in [0.5, 0.6) is 0 Å². The second kappa shape index (κ2) is 8.79. The molecule has 1 heterocycles. The first-order valence-corrected chi connectivity index (χ1v) is 11.1. The third-order valence-corrected chi connectivity index (χ3v) is 6.99. The Morgan fingerprint density at radius 3 is 2.48 bits per heavy atom. The van der Waals surface area contributed by atoms with Crippen molar-refractivity contribution in [1.29, 1.82) is 0 Å². The van der Waals surface area contributed by atoms with Crippen LogP contribution in [0, 0.1) is 0 Å². The Morgan fingerprint density at radius 1 is 1.07 bits per heavy atom. The van der Waals surface area contributed by atoms with Gasteiger partial charge in [-0.15, -0.1) is 0 Å². The average Bonchev–Trinajstić information content (AvgIpc) is 3.03. The number of carbonyl (C=O) groups is 2. The summed E-state index contributed by atoms with van der Waals surface area (Å²) >= 11 is 17.7. The highest BCUT2D eigenvalue weighted by Gasteiger charge is 2.28. The largest absolute Gasteiger partial charge is 0.452 e. The van der Waals surface area contributed by atoms with Gasteiger partial charge in [0.15, 0.2) is 6.61 Å². The molecule has 1 aliphatic heterocycles. The van der Waals surface area contributed by atoms with Crippen molar-refractivity contribution in [3.05, 3.63) is 57.0 Å². The number of carbonyl (C=O) groups excluding carboxylic acids is 2. The molecule has 29 heavy (non-hydrogen) atoms. The number of halogens is 3. The van der Waals surface area contributed by atoms with Gasteiger partial charge in [0.05, 0.1) is 37.8 Å². The van der Waals surface area contributed by atoms with Crippen molar-refractivity contribution in [2.45, 2.75) is 6.42 Å². The van der Waals surface area contributed by atoms with Gasteiger partial charge in [0.25, 0.3) is 5.91 Å². The summed E-state index contributed by atoms with van der Waals surface area (Å²) in [5.74, 6) is -1.32. The van der Waals surface area contributed by atoms with Gasteiger partial charge in [-0.05, 0) is 36.8 Å². The lowest BCUT2D eigenvalue weighted by molar-refractivity contribution is -0.119. The predicted octanol–water partition coefficient (Wildman–Crippen LogP) is 3.98. The topological polar surface area (TPSA) is 92.8 Å². The number of amides is 1. The van der Waals surface area contributed by atoms with Crippen LogP contribution in [0.15, 0.2) is 36.4 Å². The number of hydrogen-bond acceptors (Lipinski definition) is 5. The zero-order valence-corrected chi connectivity index (χ0v) is 17.9. The molecule has 0 unspecified atom stereocenters. The molecule has 3 rings (SSSR count). The highest BCUT2D eigenvalue weighted by Crippen LogP contribution is 2.32. The van der Waals surface area contributed by atoms with E-state index in [1.807, 2.05) is 0 Å². The maximum atomic E-state index is 12.3. The molecule has 0 aromatic heterocycles. The molecule has 2 aromatic rings. The molecular formula is C18H15Cl3N2O5S. The molecule has 0 radical (unpaired) electrons. The molecule has 1 fully saturated rings. The van der Waals surface area contributed by atoms with Gasteiger partial charge in [0.2, 0.25) is 10.0 Å². The minimum Gasteiger partial charge on any atom is -0.452 e. The maximum absolute atomic E-state index is 12.3. The minimum atomic E-state index is -3.37. The highest BCUT2D eigenvalue weighted by atomic mass is 35.5. The number of rotatable bonds is 5. The standard InChI is InChI=1S/C18H15Cl3N2O5S/c19-13-8-15(21)16(9-14(13)20)22-17(24)10-28-18(25)11-3-1-4-12(7-11)23-5-2-6-29(23,26)27/h1,3-4,7-9H,2,5-6,10H2,(H,22,24). The normalized spacial score (nSPS) is 15.2. The first kappa shape index (κ1) is 21.7. The third-order valence-electron chi connectivity index (χ3n) is 4.09. The Balaban J connectivity index is 1.63. The third kappa shape index (κ3) is 5.14. The lowest BCUT2D eigenvalue weighted by Crippen LogP contribution is -2.25.